The van der Waals surface area contributed by atoms with Gasteiger partial charge in [0.05, 0.1) is 35.1 Å². The van der Waals surface area contributed by atoms with Gasteiger partial charge in [0, 0.05) is 27.8 Å². The van der Waals surface area contributed by atoms with Crippen LogP contribution in [-0.4, -0.2) is 42.4 Å². The molecule has 0 aliphatic rings. The average Bonchev–Trinajstić information content (AvgIpc) is 3.14. The Labute approximate surface area is 193 Å². The Bertz CT molecular complexity index is 1390. The van der Waals surface area contributed by atoms with Crippen molar-refractivity contribution < 1.29 is 22.2 Å². The molecule has 0 saturated heterocycles. The summed E-state index contributed by atoms with van der Waals surface area (Å²) in [6.07, 6.45) is -0.307. The molecule has 0 bridgehead atoms. The minimum Gasteiger partial charge on any atom is -0.342 e. The Hall–Kier alpha value is -3.79. The smallest absolute Gasteiger partial charge is 0.342 e. The number of rotatable bonds is 5. The van der Waals surface area contributed by atoms with Crippen molar-refractivity contribution in [1.82, 2.24) is 25.1 Å². The highest BCUT2D eigenvalue weighted by atomic mass is 32.2. The first kappa shape index (κ1) is 24.8. The first-order valence-electron chi connectivity index (χ1n) is 9.77. The molecular weight excluding hydrogens is 471 g/mol. The van der Waals surface area contributed by atoms with Crippen molar-refractivity contribution in [3.8, 4) is 11.9 Å². The van der Waals surface area contributed by atoms with E-state index in [1.54, 1.807) is 32.0 Å². The molecule has 0 spiro atoms. The third-order valence-electron chi connectivity index (χ3n) is 4.40. The summed E-state index contributed by atoms with van der Waals surface area (Å²) in [5.74, 6) is 0.193. The zero-order valence-electron chi connectivity index (χ0n) is 18.6. The molecule has 0 radical (unpaired) electrons. The van der Waals surface area contributed by atoms with Crippen molar-refractivity contribution in [3.63, 3.8) is 0 Å². The van der Waals surface area contributed by atoms with Crippen LogP contribution in [0.2, 0.25) is 0 Å². The van der Waals surface area contributed by atoms with E-state index < -0.39 is 33.4 Å². The van der Waals surface area contributed by atoms with E-state index >= 15 is 0 Å². The molecule has 13 heteroatoms. The fraction of sp³-hybridized carbons (Fsp3) is 0.286. The van der Waals surface area contributed by atoms with Crippen LogP contribution < -0.4 is 5.32 Å². The first-order chi connectivity index (χ1) is 15.8. The minimum atomic E-state index is -4.71. The number of halogens is 3. The number of nitrogens with one attached hydrogen (secondary N) is 1. The fourth-order valence-electron chi connectivity index (χ4n) is 3.02. The summed E-state index contributed by atoms with van der Waals surface area (Å²) in [6.45, 7) is 3.22. The fourth-order valence-corrected chi connectivity index (χ4v) is 3.64. The highest BCUT2D eigenvalue weighted by Gasteiger charge is 2.32. The van der Waals surface area contributed by atoms with Crippen molar-refractivity contribution in [3.05, 3.63) is 64.9 Å². The van der Waals surface area contributed by atoms with Crippen molar-refractivity contribution >= 4 is 21.3 Å². The summed E-state index contributed by atoms with van der Waals surface area (Å²) in [6, 6.07) is 6.49. The maximum Gasteiger partial charge on any atom is 0.416 e. The molecule has 1 N–H and O–H groups in total. The zero-order chi connectivity index (χ0) is 25.3. The molecule has 34 heavy (non-hydrogen) atoms. The van der Waals surface area contributed by atoms with Gasteiger partial charge in [-0.3, -0.25) is 4.79 Å². The van der Waals surface area contributed by atoms with Crippen LogP contribution in [-0.2, 0) is 15.9 Å². The number of aryl methyl sites for hydroxylation is 1. The van der Waals surface area contributed by atoms with E-state index in [9.17, 15) is 22.2 Å². The third kappa shape index (κ3) is 5.96. The Balaban J connectivity index is 1.90. The Morgan fingerprint density at radius 1 is 1.26 bits per heavy atom. The standard InChI is InChI=1S/C21H20F3N7O2S/c1-12(27-20(32)15-7-14(10-25)8-16(9-15)21(22,23)24)19-28-13(2)29-31(19)18-6-5-17(11-26-18)30-34(3,4)33/h5-9,11-12H,1-4H3,(H,27,32)/t12-/m0/s1. The highest BCUT2D eigenvalue weighted by Crippen LogP contribution is 2.31. The predicted molar refractivity (Wildman–Crippen MR) is 118 cm³/mol. The minimum absolute atomic E-state index is 0.283. The number of carbonyl (C=O) groups excluding carboxylic acids is 1. The van der Waals surface area contributed by atoms with Gasteiger partial charge in [-0.05, 0) is 44.2 Å². The quantitative estimate of drug-likeness (QED) is 0.580. The average molecular weight is 491 g/mol. The molecule has 178 valence electrons. The number of pyridine rings is 1. The SMILES string of the molecule is Cc1nc([C@H](C)NC(=O)c2cc(C#N)cc(C(F)(F)F)c2)n(-c2ccc(N=S(C)(C)=O)cn2)n1. The van der Waals surface area contributed by atoms with Gasteiger partial charge >= 0.3 is 6.18 Å². The maximum absolute atomic E-state index is 13.1. The van der Waals surface area contributed by atoms with E-state index in [0.717, 1.165) is 6.07 Å². The molecule has 0 aliphatic heterocycles. The van der Waals surface area contributed by atoms with Gasteiger partial charge in [-0.2, -0.15) is 27.5 Å². The summed E-state index contributed by atoms with van der Waals surface area (Å²) >= 11 is 0. The number of aromatic nitrogens is 4. The van der Waals surface area contributed by atoms with E-state index in [4.69, 9.17) is 5.26 Å². The van der Waals surface area contributed by atoms with Gasteiger partial charge in [-0.25, -0.2) is 14.2 Å². The van der Waals surface area contributed by atoms with Gasteiger partial charge in [0.25, 0.3) is 5.91 Å². The summed E-state index contributed by atoms with van der Waals surface area (Å²) in [4.78, 5) is 21.3. The van der Waals surface area contributed by atoms with Crippen LogP contribution in [0.3, 0.4) is 0 Å². The number of nitrogens with zero attached hydrogens (tertiary/aromatic N) is 6. The van der Waals surface area contributed by atoms with Gasteiger partial charge in [-0.1, -0.05) is 0 Å². The van der Waals surface area contributed by atoms with E-state index in [1.165, 1.54) is 23.4 Å². The number of hydrogen-bond donors (Lipinski definition) is 1. The lowest BCUT2D eigenvalue weighted by Crippen LogP contribution is -2.29. The summed E-state index contributed by atoms with van der Waals surface area (Å²) in [7, 11) is -2.37. The molecule has 0 unspecified atom stereocenters. The van der Waals surface area contributed by atoms with Gasteiger partial charge in [0.2, 0.25) is 0 Å². The monoisotopic (exact) mass is 491 g/mol. The molecule has 1 aromatic carbocycles. The highest BCUT2D eigenvalue weighted by molar-refractivity contribution is 7.92. The van der Waals surface area contributed by atoms with Crippen LogP contribution in [0, 0.1) is 18.3 Å². The maximum atomic E-state index is 13.1. The van der Waals surface area contributed by atoms with E-state index in [1.807, 2.05) is 0 Å². The van der Waals surface area contributed by atoms with Crippen LogP contribution in [0.25, 0.3) is 5.82 Å². The van der Waals surface area contributed by atoms with Crippen molar-refractivity contribution in [2.75, 3.05) is 12.5 Å². The molecular formula is C21H20F3N7O2S. The number of benzene rings is 1. The van der Waals surface area contributed by atoms with E-state index in [2.05, 4.69) is 24.7 Å². The van der Waals surface area contributed by atoms with Gasteiger partial charge in [0.1, 0.15) is 5.82 Å². The molecule has 0 fully saturated rings. The largest absolute Gasteiger partial charge is 0.416 e. The zero-order valence-corrected chi connectivity index (χ0v) is 19.4. The number of amides is 1. The second kappa shape index (κ2) is 9.22. The second-order valence-electron chi connectivity index (χ2n) is 7.68. The summed E-state index contributed by atoms with van der Waals surface area (Å²) < 4.78 is 56.7. The summed E-state index contributed by atoms with van der Waals surface area (Å²) in [5.41, 5.74) is -1.28. The topological polar surface area (TPSA) is 126 Å². The number of nitriles is 1. The van der Waals surface area contributed by atoms with Crippen LogP contribution in [0.15, 0.2) is 40.9 Å². The van der Waals surface area contributed by atoms with Crippen molar-refractivity contribution in [2.45, 2.75) is 26.1 Å². The molecule has 3 aromatic rings. The molecule has 1 amide bonds. The molecule has 0 aliphatic carbocycles. The van der Waals surface area contributed by atoms with E-state index in [0.29, 0.717) is 29.5 Å². The third-order valence-corrected chi connectivity index (χ3v) is 5.05. The van der Waals surface area contributed by atoms with Crippen molar-refractivity contribution in [2.24, 2.45) is 4.36 Å². The lowest BCUT2D eigenvalue weighted by atomic mass is 10.0. The molecule has 2 heterocycles. The van der Waals surface area contributed by atoms with Gasteiger partial charge in [-0.15, -0.1) is 5.10 Å². The van der Waals surface area contributed by atoms with Crippen LogP contribution in [0.1, 0.15) is 46.1 Å². The molecule has 0 saturated carbocycles. The molecule has 9 nitrogen and oxygen atoms in total. The normalized spacial score (nSPS) is 12.6. The number of alkyl halides is 3. The van der Waals surface area contributed by atoms with Gasteiger partial charge in [0.15, 0.2) is 11.6 Å². The van der Waals surface area contributed by atoms with Crippen LogP contribution in [0.4, 0.5) is 18.9 Å². The lowest BCUT2D eigenvalue weighted by Gasteiger charge is -2.15. The van der Waals surface area contributed by atoms with E-state index in [-0.39, 0.29) is 17.0 Å². The summed E-state index contributed by atoms with van der Waals surface area (Å²) in [5, 5.41) is 15.9. The second-order valence-corrected chi connectivity index (χ2v) is 10.2. The Morgan fingerprint density at radius 3 is 2.53 bits per heavy atom. The molecule has 1 atom stereocenters. The molecule has 2 aromatic heterocycles. The first-order valence-corrected chi connectivity index (χ1v) is 12.1. The Morgan fingerprint density at radius 2 is 1.97 bits per heavy atom. The predicted octanol–water partition coefficient (Wildman–Crippen LogP) is 3.71. The number of hydrogen-bond acceptors (Lipinski definition) is 7. The van der Waals surface area contributed by atoms with Crippen molar-refractivity contribution in [1.29, 1.82) is 5.26 Å². The number of carbonyl (C=O) groups is 1. The lowest BCUT2D eigenvalue weighted by molar-refractivity contribution is -0.137. The Kier molecular flexibility index (Phi) is 6.74. The molecule has 3 rings (SSSR count). The van der Waals surface area contributed by atoms with Crippen LogP contribution in [0.5, 0.6) is 0 Å². The van der Waals surface area contributed by atoms with Crippen LogP contribution >= 0.6 is 0 Å². The van der Waals surface area contributed by atoms with Gasteiger partial charge < -0.3 is 5.32 Å².